The summed E-state index contributed by atoms with van der Waals surface area (Å²) in [4.78, 5) is 21.8. The lowest BCUT2D eigenvalue weighted by Crippen LogP contribution is -2.23. The van der Waals surface area contributed by atoms with Crippen LogP contribution in [0.5, 0.6) is 0 Å². The standard InChI is InChI=1S/C16H13N5OS/c1-20-15(11-4-7-17-8-5-11)19-21(16(20)22)10-12-9-13-14(23-12)3-2-6-18-13/h2-9H,10H2,1H3. The molecule has 7 heteroatoms. The smallest absolute Gasteiger partial charge is 0.278 e. The molecule has 0 fully saturated rings. The molecule has 0 amide bonds. The van der Waals surface area contributed by atoms with Crippen LogP contribution in [0.25, 0.3) is 21.6 Å². The van der Waals surface area contributed by atoms with Crippen LogP contribution < -0.4 is 5.69 Å². The molecule has 0 aliphatic rings. The Morgan fingerprint density at radius 3 is 2.78 bits per heavy atom. The topological polar surface area (TPSA) is 65.6 Å². The fourth-order valence-electron chi connectivity index (χ4n) is 2.49. The van der Waals surface area contributed by atoms with Crippen LogP contribution in [0, 0.1) is 0 Å². The lowest BCUT2D eigenvalue weighted by Gasteiger charge is -1.97. The Balaban J connectivity index is 1.74. The second-order valence-corrected chi connectivity index (χ2v) is 6.33. The van der Waals surface area contributed by atoms with E-state index < -0.39 is 0 Å². The maximum Gasteiger partial charge on any atom is 0.346 e. The van der Waals surface area contributed by atoms with E-state index in [2.05, 4.69) is 15.1 Å². The third-order valence-electron chi connectivity index (χ3n) is 3.62. The molecule has 4 rings (SSSR count). The summed E-state index contributed by atoms with van der Waals surface area (Å²) in [5.41, 5.74) is 1.68. The number of nitrogens with zero attached hydrogens (tertiary/aromatic N) is 5. The first-order chi connectivity index (χ1) is 11.2. The van der Waals surface area contributed by atoms with Crippen molar-refractivity contribution in [3.63, 3.8) is 0 Å². The summed E-state index contributed by atoms with van der Waals surface area (Å²) in [6.45, 7) is 0.443. The van der Waals surface area contributed by atoms with Gasteiger partial charge in [0.15, 0.2) is 5.82 Å². The van der Waals surface area contributed by atoms with E-state index in [1.54, 1.807) is 41.5 Å². The largest absolute Gasteiger partial charge is 0.346 e. The molecule has 6 nitrogen and oxygen atoms in total. The Hall–Kier alpha value is -2.80. The predicted molar refractivity (Wildman–Crippen MR) is 89.4 cm³/mol. The molecular formula is C16H13N5OS. The minimum absolute atomic E-state index is 0.137. The minimum Gasteiger partial charge on any atom is -0.278 e. The van der Waals surface area contributed by atoms with Crippen molar-refractivity contribution in [1.82, 2.24) is 24.3 Å². The molecule has 0 spiro atoms. The van der Waals surface area contributed by atoms with E-state index in [1.165, 1.54) is 4.68 Å². The average Bonchev–Trinajstić information content (AvgIpc) is 3.11. The van der Waals surface area contributed by atoms with Gasteiger partial charge in [0.2, 0.25) is 0 Å². The van der Waals surface area contributed by atoms with Gasteiger partial charge in [-0.3, -0.25) is 14.5 Å². The highest BCUT2D eigenvalue weighted by atomic mass is 32.1. The molecule has 0 atom stereocenters. The average molecular weight is 323 g/mol. The third kappa shape index (κ3) is 2.44. The van der Waals surface area contributed by atoms with E-state index in [4.69, 9.17) is 0 Å². The summed E-state index contributed by atoms with van der Waals surface area (Å²) in [6.07, 6.45) is 5.15. The molecule has 4 heterocycles. The lowest BCUT2D eigenvalue weighted by atomic mass is 10.2. The van der Waals surface area contributed by atoms with Crippen molar-refractivity contribution in [3.05, 3.63) is 64.3 Å². The van der Waals surface area contributed by atoms with Gasteiger partial charge in [0.1, 0.15) is 0 Å². The first kappa shape index (κ1) is 13.8. The SMILES string of the molecule is Cn1c(-c2ccncc2)nn(Cc2cc3ncccc3s2)c1=O. The number of thiophene rings is 1. The van der Waals surface area contributed by atoms with E-state index in [0.29, 0.717) is 12.4 Å². The Morgan fingerprint density at radius 1 is 1.17 bits per heavy atom. The fraction of sp³-hybridized carbons (Fsp3) is 0.125. The van der Waals surface area contributed by atoms with Crippen molar-refractivity contribution in [3.8, 4) is 11.4 Å². The number of fused-ring (bicyclic) bond motifs is 1. The molecule has 4 aromatic rings. The lowest BCUT2D eigenvalue weighted by molar-refractivity contribution is 0.653. The van der Waals surface area contributed by atoms with Crippen LogP contribution in [-0.2, 0) is 13.6 Å². The maximum atomic E-state index is 12.4. The van der Waals surface area contributed by atoms with Gasteiger partial charge in [-0.05, 0) is 30.3 Å². The zero-order valence-electron chi connectivity index (χ0n) is 12.4. The molecule has 0 radical (unpaired) electrons. The zero-order valence-corrected chi connectivity index (χ0v) is 13.2. The number of hydrogen-bond donors (Lipinski definition) is 0. The van der Waals surface area contributed by atoms with Gasteiger partial charge in [0.05, 0.1) is 16.8 Å². The summed E-state index contributed by atoms with van der Waals surface area (Å²) in [6, 6.07) is 9.63. The molecule has 0 aliphatic heterocycles. The van der Waals surface area contributed by atoms with Crippen molar-refractivity contribution < 1.29 is 0 Å². The van der Waals surface area contributed by atoms with Gasteiger partial charge in [-0.2, -0.15) is 0 Å². The van der Waals surface area contributed by atoms with Crippen molar-refractivity contribution in [2.75, 3.05) is 0 Å². The van der Waals surface area contributed by atoms with E-state index in [0.717, 1.165) is 20.7 Å². The number of aromatic nitrogens is 5. The molecule has 0 N–H and O–H groups in total. The number of pyridine rings is 2. The number of rotatable bonds is 3. The number of hydrogen-bond acceptors (Lipinski definition) is 5. The summed E-state index contributed by atoms with van der Waals surface area (Å²) in [5, 5.41) is 4.47. The van der Waals surface area contributed by atoms with Gasteiger partial charge in [-0.15, -0.1) is 16.4 Å². The fourth-order valence-corrected chi connectivity index (χ4v) is 3.49. The Labute approximate surface area is 135 Å². The van der Waals surface area contributed by atoms with Crippen LogP contribution >= 0.6 is 11.3 Å². The molecule has 0 aromatic carbocycles. The Kier molecular flexibility index (Phi) is 3.27. The van der Waals surface area contributed by atoms with Gasteiger partial charge < -0.3 is 0 Å². The predicted octanol–water partition coefficient (Wildman–Crippen LogP) is 2.30. The molecule has 0 unspecified atom stereocenters. The highest BCUT2D eigenvalue weighted by Gasteiger charge is 2.13. The van der Waals surface area contributed by atoms with Crippen LogP contribution in [0.1, 0.15) is 4.88 Å². The van der Waals surface area contributed by atoms with E-state index >= 15 is 0 Å². The van der Waals surface area contributed by atoms with Gasteiger partial charge in [-0.1, -0.05) is 0 Å². The molecular weight excluding hydrogens is 310 g/mol. The summed E-state index contributed by atoms with van der Waals surface area (Å²) < 4.78 is 4.15. The molecule has 0 saturated carbocycles. The van der Waals surface area contributed by atoms with Crippen LogP contribution in [-0.4, -0.2) is 24.3 Å². The second kappa shape index (κ2) is 5.44. The molecule has 0 bridgehead atoms. The molecule has 23 heavy (non-hydrogen) atoms. The highest BCUT2D eigenvalue weighted by Crippen LogP contribution is 2.24. The van der Waals surface area contributed by atoms with Crippen LogP contribution in [0.3, 0.4) is 0 Å². The Morgan fingerprint density at radius 2 is 2.00 bits per heavy atom. The molecule has 0 saturated heterocycles. The second-order valence-electron chi connectivity index (χ2n) is 5.16. The van der Waals surface area contributed by atoms with Gasteiger partial charge in [0, 0.05) is 36.1 Å². The summed E-state index contributed by atoms with van der Waals surface area (Å²) >= 11 is 1.63. The van der Waals surface area contributed by atoms with Crippen molar-refractivity contribution in [2.45, 2.75) is 6.54 Å². The quantitative estimate of drug-likeness (QED) is 0.580. The third-order valence-corrected chi connectivity index (χ3v) is 4.70. The summed E-state index contributed by atoms with van der Waals surface area (Å²) in [7, 11) is 1.73. The first-order valence-corrected chi connectivity index (χ1v) is 7.92. The zero-order chi connectivity index (χ0) is 15.8. The van der Waals surface area contributed by atoms with Crippen molar-refractivity contribution in [2.24, 2.45) is 7.05 Å². The van der Waals surface area contributed by atoms with E-state index in [-0.39, 0.29) is 5.69 Å². The first-order valence-electron chi connectivity index (χ1n) is 7.10. The van der Waals surface area contributed by atoms with E-state index in [9.17, 15) is 4.79 Å². The Bertz CT molecular complexity index is 998. The monoisotopic (exact) mass is 323 g/mol. The van der Waals surface area contributed by atoms with Gasteiger partial charge >= 0.3 is 5.69 Å². The van der Waals surface area contributed by atoms with Crippen LogP contribution in [0.15, 0.2) is 53.7 Å². The highest BCUT2D eigenvalue weighted by molar-refractivity contribution is 7.19. The van der Waals surface area contributed by atoms with Crippen LogP contribution in [0.4, 0.5) is 0 Å². The van der Waals surface area contributed by atoms with Gasteiger partial charge in [-0.25, -0.2) is 9.48 Å². The van der Waals surface area contributed by atoms with Crippen LogP contribution in [0.2, 0.25) is 0 Å². The molecule has 114 valence electrons. The van der Waals surface area contributed by atoms with Crippen molar-refractivity contribution >= 4 is 21.6 Å². The van der Waals surface area contributed by atoms with Crippen molar-refractivity contribution in [1.29, 1.82) is 0 Å². The van der Waals surface area contributed by atoms with Gasteiger partial charge in [0.25, 0.3) is 0 Å². The molecule has 0 aliphatic carbocycles. The normalized spacial score (nSPS) is 11.2. The summed E-state index contributed by atoms with van der Waals surface area (Å²) in [5.74, 6) is 0.636. The minimum atomic E-state index is -0.137. The van der Waals surface area contributed by atoms with E-state index in [1.807, 2.05) is 30.3 Å². The molecule has 4 aromatic heterocycles. The maximum absolute atomic E-state index is 12.4.